The maximum Gasteiger partial charge on any atom is 0.0767 e. The summed E-state index contributed by atoms with van der Waals surface area (Å²) >= 11 is 3.72. The van der Waals surface area contributed by atoms with Gasteiger partial charge in [0.15, 0.2) is 0 Å². The van der Waals surface area contributed by atoms with Gasteiger partial charge in [0.05, 0.1) is 22.5 Å². The van der Waals surface area contributed by atoms with E-state index >= 15 is 0 Å². The van der Waals surface area contributed by atoms with Gasteiger partial charge in [0.1, 0.15) is 0 Å². The highest BCUT2D eigenvalue weighted by atomic mass is 79.9. The number of halogens is 1. The molecule has 4 nitrogen and oxygen atoms in total. The van der Waals surface area contributed by atoms with E-state index in [0.29, 0.717) is 6.04 Å². The van der Waals surface area contributed by atoms with Crippen molar-refractivity contribution in [3.63, 3.8) is 0 Å². The number of aryl methyl sites for hydroxylation is 2. The van der Waals surface area contributed by atoms with Crippen molar-refractivity contribution in [3.05, 3.63) is 15.9 Å². The van der Waals surface area contributed by atoms with E-state index in [2.05, 4.69) is 44.5 Å². The molecule has 0 aromatic carbocycles. The van der Waals surface area contributed by atoms with Gasteiger partial charge in [0.2, 0.25) is 0 Å². The number of aliphatic hydroxyl groups is 1. The van der Waals surface area contributed by atoms with Gasteiger partial charge < -0.3 is 5.11 Å². The second kappa shape index (κ2) is 7.57. The summed E-state index contributed by atoms with van der Waals surface area (Å²) < 4.78 is 3.25. The first-order valence-corrected chi connectivity index (χ1v) is 8.59. The SMILES string of the molecule is CCc1nn(CC)c(CN2CCCCCC2CO)c1Br. The normalized spacial score (nSPS) is 21.1. The van der Waals surface area contributed by atoms with Crippen molar-refractivity contribution in [1.82, 2.24) is 14.7 Å². The fraction of sp³-hybridized carbons (Fsp3) is 0.800. The standard InChI is InChI=1S/C15H26BrN3O/c1-3-13-15(16)14(19(4-2)17-13)10-18-9-7-5-6-8-12(18)11-20/h12,20H,3-11H2,1-2H3. The number of hydrogen-bond acceptors (Lipinski definition) is 3. The summed E-state index contributed by atoms with van der Waals surface area (Å²) in [6, 6.07) is 0.301. The third kappa shape index (κ3) is 3.43. The molecule has 1 aliphatic rings. The van der Waals surface area contributed by atoms with E-state index in [0.717, 1.165) is 42.6 Å². The maximum atomic E-state index is 9.64. The van der Waals surface area contributed by atoms with Crippen LogP contribution in [0, 0.1) is 0 Å². The first kappa shape index (κ1) is 16.0. The van der Waals surface area contributed by atoms with Crippen LogP contribution in [0.25, 0.3) is 0 Å². The quantitative estimate of drug-likeness (QED) is 0.893. The molecule has 0 saturated carbocycles. The Morgan fingerprint density at radius 3 is 2.75 bits per heavy atom. The topological polar surface area (TPSA) is 41.3 Å². The van der Waals surface area contributed by atoms with Crippen LogP contribution in [0.15, 0.2) is 4.47 Å². The van der Waals surface area contributed by atoms with E-state index in [-0.39, 0.29) is 6.61 Å². The predicted molar refractivity (Wildman–Crippen MR) is 84.7 cm³/mol. The van der Waals surface area contributed by atoms with E-state index in [1.54, 1.807) is 0 Å². The van der Waals surface area contributed by atoms with Crippen LogP contribution in [0.3, 0.4) is 0 Å². The molecule has 0 amide bonds. The van der Waals surface area contributed by atoms with Crippen molar-refractivity contribution in [1.29, 1.82) is 0 Å². The van der Waals surface area contributed by atoms with Crippen LogP contribution in [0.4, 0.5) is 0 Å². The van der Waals surface area contributed by atoms with Crippen LogP contribution in [-0.2, 0) is 19.5 Å². The molecule has 1 fully saturated rings. The first-order valence-electron chi connectivity index (χ1n) is 7.80. The smallest absolute Gasteiger partial charge is 0.0767 e. The zero-order valence-corrected chi connectivity index (χ0v) is 14.2. The number of aliphatic hydroxyl groups excluding tert-OH is 1. The number of aromatic nitrogens is 2. The monoisotopic (exact) mass is 343 g/mol. The fourth-order valence-corrected chi connectivity index (χ4v) is 3.70. The molecule has 1 aromatic rings. The van der Waals surface area contributed by atoms with Crippen LogP contribution >= 0.6 is 15.9 Å². The van der Waals surface area contributed by atoms with Crippen molar-refractivity contribution in [2.24, 2.45) is 0 Å². The highest BCUT2D eigenvalue weighted by Gasteiger charge is 2.23. The number of nitrogens with zero attached hydrogens (tertiary/aromatic N) is 3. The lowest BCUT2D eigenvalue weighted by Crippen LogP contribution is -2.37. The zero-order chi connectivity index (χ0) is 14.5. The van der Waals surface area contributed by atoms with Crippen molar-refractivity contribution in [2.45, 2.75) is 65.1 Å². The second-order valence-corrected chi connectivity index (χ2v) is 6.33. The van der Waals surface area contributed by atoms with E-state index in [1.165, 1.54) is 25.0 Å². The van der Waals surface area contributed by atoms with Gasteiger partial charge >= 0.3 is 0 Å². The van der Waals surface area contributed by atoms with Gasteiger partial charge in [-0.3, -0.25) is 9.58 Å². The molecule has 1 N–H and O–H groups in total. The van der Waals surface area contributed by atoms with Crippen molar-refractivity contribution >= 4 is 15.9 Å². The lowest BCUT2D eigenvalue weighted by molar-refractivity contribution is 0.115. The number of likely N-dealkylation sites (tertiary alicyclic amines) is 1. The molecule has 5 heteroatoms. The molecule has 1 saturated heterocycles. The molecule has 2 heterocycles. The molecule has 1 atom stereocenters. The Hall–Kier alpha value is -0.390. The average Bonchev–Trinajstić information content (AvgIpc) is 2.64. The highest BCUT2D eigenvalue weighted by molar-refractivity contribution is 9.10. The lowest BCUT2D eigenvalue weighted by atomic mass is 10.1. The molecular formula is C15H26BrN3O. The Bertz CT molecular complexity index is 433. The first-order chi connectivity index (χ1) is 9.71. The van der Waals surface area contributed by atoms with Gasteiger partial charge in [-0.15, -0.1) is 0 Å². The minimum Gasteiger partial charge on any atom is -0.395 e. The molecule has 1 aliphatic heterocycles. The molecule has 20 heavy (non-hydrogen) atoms. The Morgan fingerprint density at radius 1 is 1.30 bits per heavy atom. The van der Waals surface area contributed by atoms with E-state index in [1.807, 2.05) is 0 Å². The van der Waals surface area contributed by atoms with Gasteiger partial charge in [-0.2, -0.15) is 5.10 Å². The molecule has 0 spiro atoms. The van der Waals surface area contributed by atoms with Gasteiger partial charge in [-0.1, -0.05) is 19.8 Å². The fourth-order valence-electron chi connectivity index (χ4n) is 3.01. The number of hydrogen-bond donors (Lipinski definition) is 1. The maximum absolute atomic E-state index is 9.64. The third-order valence-electron chi connectivity index (χ3n) is 4.26. The second-order valence-electron chi connectivity index (χ2n) is 5.53. The Morgan fingerprint density at radius 2 is 2.10 bits per heavy atom. The minimum atomic E-state index is 0.262. The Kier molecular flexibility index (Phi) is 6.05. The lowest BCUT2D eigenvalue weighted by Gasteiger charge is -2.28. The largest absolute Gasteiger partial charge is 0.395 e. The average molecular weight is 344 g/mol. The summed E-state index contributed by atoms with van der Waals surface area (Å²) in [5.41, 5.74) is 2.39. The van der Waals surface area contributed by atoms with E-state index in [4.69, 9.17) is 0 Å². The van der Waals surface area contributed by atoms with Gasteiger partial charge in [0, 0.05) is 19.1 Å². The summed E-state index contributed by atoms with van der Waals surface area (Å²) in [5, 5.41) is 14.3. The van der Waals surface area contributed by atoms with E-state index < -0.39 is 0 Å². The van der Waals surface area contributed by atoms with Crippen LogP contribution < -0.4 is 0 Å². The molecular weight excluding hydrogens is 318 g/mol. The van der Waals surface area contributed by atoms with Gasteiger partial charge in [-0.05, 0) is 48.7 Å². The summed E-state index contributed by atoms with van der Waals surface area (Å²) in [7, 11) is 0. The molecule has 0 bridgehead atoms. The summed E-state index contributed by atoms with van der Waals surface area (Å²) in [6.07, 6.45) is 5.80. The molecule has 1 aromatic heterocycles. The minimum absolute atomic E-state index is 0.262. The zero-order valence-electron chi connectivity index (χ0n) is 12.6. The van der Waals surface area contributed by atoms with Crippen LogP contribution in [0.2, 0.25) is 0 Å². The van der Waals surface area contributed by atoms with Gasteiger partial charge in [0.25, 0.3) is 0 Å². The van der Waals surface area contributed by atoms with Crippen LogP contribution in [0.5, 0.6) is 0 Å². The number of rotatable bonds is 5. The summed E-state index contributed by atoms with van der Waals surface area (Å²) in [4.78, 5) is 2.43. The summed E-state index contributed by atoms with van der Waals surface area (Å²) in [6.45, 7) is 7.39. The van der Waals surface area contributed by atoms with Gasteiger partial charge in [-0.25, -0.2) is 0 Å². The molecule has 114 valence electrons. The molecule has 2 rings (SSSR count). The predicted octanol–water partition coefficient (Wildman–Crippen LogP) is 2.96. The van der Waals surface area contributed by atoms with E-state index in [9.17, 15) is 5.11 Å². The Balaban J connectivity index is 2.20. The van der Waals surface area contributed by atoms with Crippen LogP contribution in [-0.4, -0.2) is 39.0 Å². The van der Waals surface area contributed by atoms with Crippen molar-refractivity contribution in [2.75, 3.05) is 13.2 Å². The highest BCUT2D eigenvalue weighted by Crippen LogP contribution is 2.26. The van der Waals surface area contributed by atoms with Crippen molar-refractivity contribution < 1.29 is 5.11 Å². The molecule has 0 aliphatic carbocycles. The molecule has 1 unspecified atom stereocenters. The van der Waals surface area contributed by atoms with Crippen molar-refractivity contribution in [3.8, 4) is 0 Å². The molecule has 0 radical (unpaired) electrons. The van der Waals surface area contributed by atoms with Crippen LogP contribution in [0.1, 0.15) is 50.9 Å². The summed E-state index contributed by atoms with van der Waals surface area (Å²) in [5.74, 6) is 0. The Labute approximate surface area is 130 Å². The third-order valence-corrected chi connectivity index (χ3v) is 5.17.